The number of benzene rings is 1. The van der Waals surface area contributed by atoms with Gasteiger partial charge in [-0.25, -0.2) is 8.42 Å². The van der Waals surface area contributed by atoms with Crippen molar-refractivity contribution >= 4 is 32.7 Å². The predicted octanol–water partition coefficient (Wildman–Crippen LogP) is 1.87. The minimum atomic E-state index is -3.82. The van der Waals surface area contributed by atoms with E-state index < -0.39 is 10.0 Å². The van der Waals surface area contributed by atoms with Crippen LogP contribution in [0.5, 0.6) is 0 Å². The molecule has 0 saturated carbocycles. The minimum Gasteiger partial charge on any atom is -0.399 e. The Balaban J connectivity index is 2.39. The average Bonchev–Trinajstić information content (AvgIpc) is 2.90. The van der Waals surface area contributed by atoms with Crippen LogP contribution in [0.2, 0.25) is 0 Å². The third-order valence-corrected chi connectivity index (χ3v) is 5.21. The van der Waals surface area contributed by atoms with Gasteiger partial charge in [0.1, 0.15) is 21.2 Å². The highest BCUT2D eigenvalue weighted by Gasteiger charge is 2.18. The lowest BCUT2D eigenvalue weighted by Gasteiger charge is -2.08. The number of sulfonamides is 1. The van der Waals surface area contributed by atoms with Gasteiger partial charge >= 0.3 is 0 Å². The molecule has 0 aliphatic carbocycles. The standard InChI is InChI=1S/C12H8N4O2S2/c13-6-8-5-9(15)1-3-11(8)16-20(17,18)12-4-2-10(7-14)19-12/h1-5,16H,15H2. The van der Waals surface area contributed by atoms with Crippen molar-refractivity contribution in [2.24, 2.45) is 0 Å². The monoisotopic (exact) mass is 304 g/mol. The number of thiophene rings is 1. The zero-order valence-electron chi connectivity index (χ0n) is 9.99. The van der Waals surface area contributed by atoms with Gasteiger partial charge in [0.2, 0.25) is 0 Å². The Morgan fingerprint density at radius 1 is 1.15 bits per heavy atom. The third kappa shape index (κ3) is 2.72. The van der Waals surface area contributed by atoms with E-state index in [0.717, 1.165) is 11.3 Å². The average molecular weight is 304 g/mol. The van der Waals surface area contributed by atoms with E-state index in [2.05, 4.69) is 4.72 Å². The fourth-order valence-corrected chi connectivity index (χ4v) is 3.65. The highest BCUT2D eigenvalue weighted by atomic mass is 32.2. The summed E-state index contributed by atoms with van der Waals surface area (Å²) in [6, 6.07) is 10.8. The summed E-state index contributed by atoms with van der Waals surface area (Å²) in [5.74, 6) is 0. The fraction of sp³-hybridized carbons (Fsp3) is 0. The van der Waals surface area contributed by atoms with Crippen LogP contribution in [-0.2, 0) is 10.0 Å². The van der Waals surface area contributed by atoms with E-state index in [4.69, 9.17) is 16.3 Å². The van der Waals surface area contributed by atoms with Crippen LogP contribution in [0.1, 0.15) is 10.4 Å². The molecule has 0 unspecified atom stereocenters. The van der Waals surface area contributed by atoms with E-state index in [1.54, 1.807) is 0 Å². The number of rotatable bonds is 3. The van der Waals surface area contributed by atoms with E-state index in [-0.39, 0.29) is 15.5 Å². The number of nitrogen functional groups attached to an aromatic ring is 1. The van der Waals surface area contributed by atoms with Crippen molar-refractivity contribution < 1.29 is 8.42 Å². The highest BCUT2D eigenvalue weighted by molar-refractivity contribution is 7.94. The number of hydrogen-bond acceptors (Lipinski definition) is 6. The summed E-state index contributed by atoms with van der Waals surface area (Å²) in [5, 5.41) is 17.7. The lowest BCUT2D eigenvalue weighted by molar-refractivity contribution is 0.603. The Labute approximate surface area is 119 Å². The van der Waals surface area contributed by atoms with Crippen LogP contribution < -0.4 is 10.5 Å². The molecule has 0 radical (unpaired) electrons. The summed E-state index contributed by atoms with van der Waals surface area (Å²) < 4.78 is 26.6. The van der Waals surface area contributed by atoms with Crippen LogP contribution in [0.25, 0.3) is 0 Å². The maximum Gasteiger partial charge on any atom is 0.271 e. The number of nitrogens with one attached hydrogen (secondary N) is 1. The molecule has 20 heavy (non-hydrogen) atoms. The van der Waals surface area contributed by atoms with Crippen molar-refractivity contribution in [3.05, 3.63) is 40.8 Å². The van der Waals surface area contributed by atoms with Crippen molar-refractivity contribution in [1.29, 1.82) is 10.5 Å². The molecule has 2 rings (SSSR count). The summed E-state index contributed by atoms with van der Waals surface area (Å²) >= 11 is 0.857. The normalized spacial score (nSPS) is 10.5. The van der Waals surface area contributed by atoms with Gasteiger partial charge < -0.3 is 5.73 Å². The van der Waals surface area contributed by atoms with Crippen molar-refractivity contribution in [2.75, 3.05) is 10.5 Å². The molecule has 1 aromatic carbocycles. The van der Waals surface area contributed by atoms with Gasteiger partial charge in [-0.15, -0.1) is 11.3 Å². The van der Waals surface area contributed by atoms with E-state index in [1.165, 1.54) is 30.3 Å². The molecule has 0 fully saturated rings. The van der Waals surface area contributed by atoms with Crippen LogP contribution in [-0.4, -0.2) is 8.42 Å². The molecule has 0 aliphatic rings. The van der Waals surface area contributed by atoms with Gasteiger partial charge in [0.15, 0.2) is 0 Å². The molecule has 3 N–H and O–H groups in total. The van der Waals surface area contributed by atoms with Gasteiger partial charge in [-0.3, -0.25) is 4.72 Å². The first-order valence-electron chi connectivity index (χ1n) is 5.28. The first kappa shape index (κ1) is 13.9. The summed E-state index contributed by atoms with van der Waals surface area (Å²) in [6.07, 6.45) is 0. The number of hydrogen-bond donors (Lipinski definition) is 2. The third-order valence-electron chi connectivity index (χ3n) is 2.36. The molecule has 0 spiro atoms. The number of nitrogens with zero attached hydrogens (tertiary/aromatic N) is 2. The zero-order valence-corrected chi connectivity index (χ0v) is 11.6. The Morgan fingerprint density at radius 2 is 1.90 bits per heavy atom. The van der Waals surface area contributed by atoms with Gasteiger partial charge in [-0.2, -0.15) is 10.5 Å². The Hall–Kier alpha value is -2.55. The summed E-state index contributed by atoms with van der Waals surface area (Å²) in [4.78, 5) is 0.295. The van der Waals surface area contributed by atoms with Crippen molar-refractivity contribution in [2.45, 2.75) is 4.21 Å². The largest absolute Gasteiger partial charge is 0.399 e. The lowest BCUT2D eigenvalue weighted by atomic mass is 10.2. The Morgan fingerprint density at radius 3 is 2.50 bits per heavy atom. The molecule has 0 saturated heterocycles. The molecule has 0 atom stereocenters. The van der Waals surface area contributed by atoms with Crippen molar-refractivity contribution in [3.63, 3.8) is 0 Å². The van der Waals surface area contributed by atoms with Crippen molar-refractivity contribution in [3.8, 4) is 12.1 Å². The first-order valence-corrected chi connectivity index (χ1v) is 7.58. The van der Waals surface area contributed by atoms with Crippen LogP contribution in [0.15, 0.2) is 34.5 Å². The Bertz CT molecular complexity index is 841. The van der Waals surface area contributed by atoms with Crippen LogP contribution in [0.4, 0.5) is 11.4 Å². The molecule has 6 nitrogen and oxygen atoms in total. The van der Waals surface area contributed by atoms with Gasteiger partial charge in [0.25, 0.3) is 10.0 Å². The van der Waals surface area contributed by atoms with E-state index >= 15 is 0 Å². The zero-order chi connectivity index (χ0) is 14.8. The molecule has 0 aliphatic heterocycles. The molecule has 0 amide bonds. The maximum absolute atomic E-state index is 12.1. The van der Waals surface area contributed by atoms with E-state index in [9.17, 15) is 8.42 Å². The second-order valence-electron chi connectivity index (χ2n) is 3.75. The van der Waals surface area contributed by atoms with Crippen LogP contribution in [0, 0.1) is 22.7 Å². The molecule has 100 valence electrons. The minimum absolute atomic E-state index is 0.00904. The number of anilines is 2. The molecule has 0 bridgehead atoms. The topological polar surface area (TPSA) is 120 Å². The summed E-state index contributed by atoms with van der Waals surface area (Å²) in [5.41, 5.74) is 6.18. The van der Waals surface area contributed by atoms with Crippen LogP contribution >= 0.6 is 11.3 Å². The fourth-order valence-electron chi connectivity index (χ4n) is 1.46. The summed E-state index contributed by atoms with van der Waals surface area (Å²) in [7, 11) is -3.82. The number of nitrogens with two attached hydrogens (primary N) is 1. The Kier molecular flexibility index (Phi) is 3.61. The highest BCUT2D eigenvalue weighted by Crippen LogP contribution is 2.25. The maximum atomic E-state index is 12.1. The van der Waals surface area contributed by atoms with E-state index in [0.29, 0.717) is 10.6 Å². The van der Waals surface area contributed by atoms with Gasteiger partial charge in [-0.05, 0) is 30.3 Å². The lowest BCUT2D eigenvalue weighted by Crippen LogP contribution is -2.12. The molecule has 1 aromatic heterocycles. The summed E-state index contributed by atoms with van der Waals surface area (Å²) in [6.45, 7) is 0. The van der Waals surface area contributed by atoms with Gasteiger partial charge in [-0.1, -0.05) is 0 Å². The van der Waals surface area contributed by atoms with Gasteiger partial charge in [0.05, 0.1) is 11.3 Å². The quantitative estimate of drug-likeness (QED) is 0.839. The second-order valence-corrected chi connectivity index (χ2v) is 6.75. The molecule has 2 aromatic rings. The SMILES string of the molecule is N#Cc1ccc(S(=O)(=O)Nc2ccc(N)cc2C#N)s1. The second kappa shape index (κ2) is 5.21. The van der Waals surface area contributed by atoms with Gasteiger partial charge in [0, 0.05) is 5.69 Å². The predicted molar refractivity (Wildman–Crippen MR) is 75.4 cm³/mol. The molecule has 8 heteroatoms. The molecular weight excluding hydrogens is 296 g/mol. The van der Waals surface area contributed by atoms with Crippen molar-refractivity contribution in [1.82, 2.24) is 0 Å². The van der Waals surface area contributed by atoms with Crippen LogP contribution in [0.3, 0.4) is 0 Å². The first-order chi connectivity index (χ1) is 9.46. The number of nitriles is 2. The smallest absolute Gasteiger partial charge is 0.271 e. The van der Waals surface area contributed by atoms with E-state index in [1.807, 2.05) is 12.1 Å². The molecule has 1 heterocycles. The molecular formula is C12H8N4O2S2.